The number of aryl methyl sites for hydroxylation is 1. The summed E-state index contributed by atoms with van der Waals surface area (Å²) in [5.41, 5.74) is 6.89. The Balaban J connectivity index is 2.38. The molecule has 0 spiro atoms. The summed E-state index contributed by atoms with van der Waals surface area (Å²) >= 11 is 3.40. The third-order valence-corrected chi connectivity index (χ3v) is 3.51. The number of halogens is 2. The molecule has 18 heavy (non-hydrogen) atoms. The van der Waals surface area contributed by atoms with Gasteiger partial charge in [0.1, 0.15) is 11.6 Å². The van der Waals surface area contributed by atoms with Gasteiger partial charge in [0.25, 0.3) is 0 Å². The fourth-order valence-electron chi connectivity index (χ4n) is 1.92. The van der Waals surface area contributed by atoms with Crippen LogP contribution in [0.5, 0.6) is 0 Å². The molecule has 2 N–H and O–H groups in total. The second kappa shape index (κ2) is 5.63. The molecule has 0 saturated carbocycles. The highest BCUT2D eigenvalue weighted by molar-refractivity contribution is 9.10. The molecular weight excluding hydrogens is 297 g/mol. The van der Waals surface area contributed by atoms with Crippen molar-refractivity contribution in [3.05, 3.63) is 52.3 Å². The van der Waals surface area contributed by atoms with Gasteiger partial charge in [0.15, 0.2) is 0 Å². The van der Waals surface area contributed by atoms with Gasteiger partial charge in [-0.25, -0.2) is 9.37 Å². The minimum absolute atomic E-state index is 0.294. The first-order valence-electron chi connectivity index (χ1n) is 5.85. The maximum absolute atomic E-state index is 13.3. The highest BCUT2D eigenvalue weighted by Gasteiger charge is 2.17. The van der Waals surface area contributed by atoms with Crippen LogP contribution in [0, 0.1) is 5.82 Å². The molecule has 0 fully saturated rings. The lowest BCUT2D eigenvalue weighted by atomic mass is 10.1. The van der Waals surface area contributed by atoms with Gasteiger partial charge < -0.3 is 10.3 Å². The average Bonchev–Trinajstić information content (AvgIpc) is 2.80. The Morgan fingerprint density at radius 3 is 3.00 bits per heavy atom. The van der Waals surface area contributed by atoms with Gasteiger partial charge in [-0.3, -0.25) is 0 Å². The zero-order valence-electron chi connectivity index (χ0n) is 10.1. The van der Waals surface area contributed by atoms with Crippen LogP contribution in [0.25, 0.3) is 0 Å². The maximum Gasteiger partial charge on any atom is 0.130 e. The number of hydrogen-bond acceptors (Lipinski definition) is 2. The Bertz CT molecular complexity index is 539. The van der Waals surface area contributed by atoms with Crippen molar-refractivity contribution >= 4 is 15.9 Å². The molecule has 0 bridgehead atoms. The highest BCUT2D eigenvalue weighted by Crippen LogP contribution is 2.26. The summed E-state index contributed by atoms with van der Waals surface area (Å²) in [6, 6.07) is 4.08. The summed E-state index contributed by atoms with van der Waals surface area (Å²) < 4.78 is 16.1. The standard InChI is InChI=1S/C13H15BrFN3/c1-2-6-18-7-5-17-13(18)12(16)10-8-9(15)3-4-11(10)14/h3-5,7-8,12H,2,6,16H2,1H3. The smallest absolute Gasteiger partial charge is 0.130 e. The summed E-state index contributed by atoms with van der Waals surface area (Å²) in [5.74, 6) is 0.459. The van der Waals surface area contributed by atoms with Crippen molar-refractivity contribution in [1.82, 2.24) is 9.55 Å². The molecule has 0 amide bonds. The van der Waals surface area contributed by atoms with Gasteiger partial charge in [-0.15, -0.1) is 0 Å². The van der Waals surface area contributed by atoms with Crippen LogP contribution in [0.3, 0.4) is 0 Å². The number of benzene rings is 1. The number of nitrogens with zero attached hydrogens (tertiary/aromatic N) is 2. The topological polar surface area (TPSA) is 43.8 Å². The number of aromatic nitrogens is 2. The van der Waals surface area contributed by atoms with E-state index in [1.54, 1.807) is 12.3 Å². The number of rotatable bonds is 4. The van der Waals surface area contributed by atoms with Crippen molar-refractivity contribution in [3.63, 3.8) is 0 Å². The second-order valence-electron chi connectivity index (χ2n) is 4.12. The van der Waals surface area contributed by atoms with Crippen molar-refractivity contribution in [2.45, 2.75) is 25.9 Å². The number of nitrogens with two attached hydrogens (primary N) is 1. The van der Waals surface area contributed by atoms with Crippen LogP contribution < -0.4 is 5.73 Å². The molecule has 1 heterocycles. The Labute approximate surface area is 114 Å². The van der Waals surface area contributed by atoms with Crippen LogP contribution in [0.4, 0.5) is 4.39 Å². The fraction of sp³-hybridized carbons (Fsp3) is 0.308. The molecule has 1 atom stereocenters. The van der Waals surface area contributed by atoms with Gasteiger partial charge in [-0.1, -0.05) is 22.9 Å². The number of imidazole rings is 1. The van der Waals surface area contributed by atoms with Gasteiger partial charge in [0, 0.05) is 23.4 Å². The predicted octanol–water partition coefficient (Wildman–Crippen LogP) is 3.24. The molecule has 3 nitrogen and oxygen atoms in total. The van der Waals surface area contributed by atoms with Crippen LogP contribution in [0.15, 0.2) is 35.1 Å². The molecule has 1 unspecified atom stereocenters. The molecule has 5 heteroatoms. The van der Waals surface area contributed by atoms with E-state index < -0.39 is 6.04 Å². The average molecular weight is 312 g/mol. The summed E-state index contributed by atoms with van der Waals surface area (Å²) in [6.07, 6.45) is 4.62. The molecular formula is C13H15BrFN3. The SMILES string of the molecule is CCCn1ccnc1C(N)c1cc(F)ccc1Br. The quantitative estimate of drug-likeness (QED) is 0.942. The van der Waals surface area contributed by atoms with Crippen molar-refractivity contribution in [2.75, 3.05) is 0 Å². The normalized spacial score (nSPS) is 12.7. The van der Waals surface area contributed by atoms with Crippen LogP contribution >= 0.6 is 15.9 Å². The molecule has 2 rings (SSSR count). The van der Waals surface area contributed by atoms with E-state index in [0.717, 1.165) is 23.3 Å². The van der Waals surface area contributed by atoms with E-state index in [4.69, 9.17) is 5.73 Å². The molecule has 0 aliphatic heterocycles. The maximum atomic E-state index is 13.3. The highest BCUT2D eigenvalue weighted by atomic mass is 79.9. The van der Waals surface area contributed by atoms with E-state index in [2.05, 4.69) is 27.8 Å². The third kappa shape index (κ3) is 2.62. The van der Waals surface area contributed by atoms with E-state index >= 15 is 0 Å². The molecule has 0 aliphatic carbocycles. The minimum atomic E-state index is -0.434. The largest absolute Gasteiger partial charge is 0.333 e. The van der Waals surface area contributed by atoms with E-state index in [1.807, 2.05) is 10.8 Å². The van der Waals surface area contributed by atoms with Crippen molar-refractivity contribution in [3.8, 4) is 0 Å². The summed E-state index contributed by atoms with van der Waals surface area (Å²) in [7, 11) is 0. The predicted molar refractivity (Wildman–Crippen MR) is 72.6 cm³/mol. The summed E-state index contributed by atoms with van der Waals surface area (Å²) in [6.45, 7) is 2.95. The monoisotopic (exact) mass is 311 g/mol. The molecule has 2 aromatic rings. The lowest BCUT2D eigenvalue weighted by Gasteiger charge is -2.15. The van der Waals surface area contributed by atoms with Crippen molar-refractivity contribution in [2.24, 2.45) is 5.73 Å². The lowest BCUT2D eigenvalue weighted by Crippen LogP contribution is -2.18. The van der Waals surface area contributed by atoms with Crippen LogP contribution in [0.1, 0.15) is 30.8 Å². The molecule has 1 aromatic heterocycles. The van der Waals surface area contributed by atoms with Crippen LogP contribution in [-0.4, -0.2) is 9.55 Å². The summed E-state index contributed by atoms with van der Waals surface area (Å²) in [5, 5.41) is 0. The third-order valence-electron chi connectivity index (χ3n) is 2.78. The van der Waals surface area contributed by atoms with E-state index in [0.29, 0.717) is 5.56 Å². The van der Waals surface area contributed by atoms with Gasteiger partial charge in [0.05, 0.1) is 6.04 Å². The van der Waals surface area contributed by atoms with Crippen molar-refractivity contribution in [1.29, 1.82) is 0 Å². The first kappa shape index (κ1) is 13.2. The van der Waals surface area contributed by atoms with E-state index in [1.165, 1.54) is 12.1 Å². The minimum Gasteiger partial charge on any atom is -0.333 e. The van der Waals surface area contributed by atoms with Gasteiger partial charge in [-0.05, 0) is 30.2 Å². The molecule has 0 saturated heterocycles. The Morgan fingerprint density at radius 1 is 1.50 bits per heavy atom. The first-order chi connectivity index (χ1) is 8.63. The number of hydrogen-bond donors (Lipinski definition) is 1. The zero-order valence-corrected chi connectivity index (χ0v) is 11.7. The van der Waals surface area contributed by atoms with Crippen LogP contribution in [-0.2, 0) is 6.54 Å². The van der Waals surface area contributed by atoms with E-state index in [9.17, 15) is 4.39 Å². The van der Waals surface area contributed by atoms with Crippen molar-refractivity contribution < 1.29 is 4.39 Å². The molecule has 0 radical (unpaired) electrons. The second-order valence-corrected chi connectivity index (χ2v) is 4.98. The molecule has 0 aliphatic rings. The first-order valence-corrected chi connectivity index (χ1v) is 6.64. The van der Waals surface area contributed by atoms with Gasteiger partial charge >= 0.3 is 0 Å². The molecule has 96 valence electrons. The fourth-order valence-corrected chi connectivity index (χ4v) is 2.41. The van der Waals surface area contributed by atoms with Gasteiger partial charge in [-0.2, -0.15) is 0 Å². The van der Waals surface area contributed by atoms with Crippen LogP contribution in [0.2, 0.25) is 0 Å². The lowest BCUT2D eigenvalue weighted by molar-refractivity contribution is 0.601. The Kier molecular flexibility index (Phi) is 4.14. The van der Waals surface area contributed by atoms with Gasteiger partial charge in [0.2, 0.25) is 0 Å². The van der Waals surface area contributed by atoms with E-state index in [-0.39, 0.29) is 5.82 Å². The summed E-state index contributed by atoms with van der Waals surface area (Å²) in [4.78, 5) is 4.28. The molecule has 1 aromatic carbocycles. The zero-order chi connectivity index (χ0) is 13.1. The Hall–Kier alpha value is -1.20. The Morgan fingerprint density at radius 2 is 2.28 bits per heavy atom.